The predicted octanol–water partition coefficient (Wildman–Crippen LogP) is 3.02. The van der Waals surface area contributed by atoms with Crippen LogP contribution in [-0.4, -0.2) is 49.2 Å². The normalized spacial score (nSPS) is 15.9. The third kappa shape index (κ3) is 14.4. The summed E-state index contributed by atoms with van der Waals surface area (Å²) in [7, 11) is 0. The highest BCUT2D eigenvalue weighted by Crippen LogP contribution is 2.25. The number of amides is 2. The fourth-order valence-corrected chi connectivity index (χ4v) is 3.55. The van der Waals surface area contributed by atoms with Crippen molar-refractivity contribution in [1.82, 2.24) is 10.6 Å². The number of carboxylic acids is 1. The largest absolute Gasteiger partial charge is 0.481 e. The summed E-state index contributed by atoms with van der Waals surface area (Å²) in [4.78, 5) is 33.8. The monoisotopic (exact) mass is 398 g/mol. The number of rotatable bonds is 13. The molecule has 0 aliphatic heterocycles. The molecule has 3 N–H and O–H groups in total. The van der Waals surface area contributed by atoms with Gasteiger partial charge in [0.05, 0.1) is 19.6 Å². The molecular weight excluding hydrogens is 360 g/mol. The molecule has 0 atom stereocenters. The van der Waals surface area contributed by atoms with Crippen LogP contribution in [0, 0.1) is 5.92 Å². The van der Waals surface area contributed by atoms with Crippen LogP contribution in [0.2, 0.25) is 0 Å². The lowest BCUT2D eigenvalue weighted by atomic mass is 9.92. The van der Waals surface area contributed by atoms with Crippen LogP contribution < -0.4 is 10.6 Å². The Labute approximate surface area is 169 Å². The Morgan fingerprint density at radius 3 is 1.96 bits per heavy atom. The summed E-state index contributed by atoms with van der Waals surface area (Å²) in [6.45, 7) is 1.41. The van der Waals surface area contributed by atoms with E-state index in [2.05, 4.69) is 10.6 Å². The minimum atomic E-state index is -0.907. The van der Waals surface area contributed by atoms with Gasteiger partial charge in [-0.25, -0.2) is 0 Å². The van der Waals surface area contributed by atoms with Gasteiger partial charge in [-0.05, 0) is 18.8 Å². The zero-order chi connectivity index (χ0) is 20.5. The highest BCUT2D eigenvalue weighted by Gasteiger charge is 2.11. The van der Waals surface area contributed by atoms with E-state index in [0.717, 1.165) is 12.3 Å². The summed E-state index contributed by atoms with van der Waals surface area (Å²) in [6, 6.07) is 0. The van der Waals surface area contributed by atoms with Crippen LogP contribution in [-0.2, 0) is 19.1 Å². The first-order valence-electron chi connectivity index (χ1n) is 10.9. The predicted molar refractivity (Wildman–Crippen MR) is 108 cm³/mol. The zero-order valence-corrected chi connectivity index (χ0v) is 17.2. The van der Waals surface area contributed by atoms with Crippen LogP contribution in [0.15, 0.2) is 0 Å². The van der Waals surface area contributed by atoms with Crippen molar-refractivity contribution in [2.45, 2.75) is 83.5 Å². The first-order chi connectivity index (χ1) is 13.6. The minimum absolute atomic E-state index is 0.0468. The van der Waals surface area contributed by atoms with E-state index in [-0.39, 0.29) is 44.3 Å². The Balaban J connectivity index is 1.97. The molecule has 0 spiro atoms. The molecule has 0 aromatic heterocycles. The third-order valence-electron chi connectivity index (χ3n) is 5.19. The number of hydrogen-bond acceptors (Lipinski definition) is 4. The lowest BCUT2D eigenvalue weighted by Crippen LogP contribution is -2.30. The van der Waals surface area contributed by atoms with E-state index in [0.29, 0.717) is 13.1 Å². The van der Waals surface area contributed by atoms with Gasteiger partial charge in [0.25, 0.3) is 0 Å². The van der Waals surface area contributed by atoms with Crippen molar-refractivity contribution in [3.63, 3.8) is 0 Å². The number of carbonyl (C=O) groups excluding carboxylic acids is 2. The topological polar surface area (TPSA) is 105 Å². The van der Waals surface area contributed by atoms with Crippen LogP contribution in [0.3, 0.4) is 0 Å². The van der Waals surface area contributed by atoms with Gasteiger partial charge >= 0.3 is 5.97 Å². The van der Waals surface area contributed by atoms with Gasteiger partial charge in [0.15, 0.2) is 0 Å². The molecule has 2 amide bonds. The van der Waals surface area contributed by atoms with E-state index < -0.39 is 5.97 Å². The second-order valence-electron chi connectivity index (χ2n) is 7.66. The first-order valence-corrected chi connectivity index (χ1v) is 10.9. The van der Waals surface area contributed by atoms with Gasteiger partial charge in [-0.2, -0.15) is 0 Å². The van der Waals surface area contributed by atoms with Crippen LogP contribution in [0.25, 0.3) is 0 Å². The fraction of sp³-hybridized carbons (Fsp3) is 0.857. The molecule has 0 saturated heterocycles. The molecule has 0 heterocycles. The molecule has 0 radical (unpaired) electrons. The Morgan fingerprint density at radius 1 is 0.786 bits per heavy atom. The molecule has 1 aliphatic rings. The Bertz CT molecular complexity index is 446. The second-order valence-corrected chi connectivity index (χ2v) is 7.66. The summed E-state index contributed by atoms with van der Waals surface area (Å²) >= 11 is 0. The summed E-state index contributed by atoms with van der Waals surface area (Å²) in [5.74, 6) is -0.376. The summed E-state index contributed by atoms with van der Waals surface area (Å²) in [6.07, 6.45) is 13.3. The van der Waals surface area contributed by atoms with Crippen molar-refractivity contribution in [2.24, 2.45) is 5.92 Å². The van der Waals surface area contributed by atoms with E-state index in [1.807, 2.05) is 0 Å². The number of nitrogens with one attached hydrogen (secondary N) is 2. The van der Waals surface area contributed by atoms with Crippen molar-refractivity contribution in [3.8, 4) is 0 Å². The summed E-state index contributed by atoms with van der Waals surface area (Å²) < 4.78 is 5.08. The van der Waals surface area contributed by atoms with Crippen LogP contribution >= 0.6 is 0 Å². The molecule has 7 nitrogen and oxygen atoms in total. The maximum atomic E-state index is 11.9. The molecule has 1 rings (SSSR count). The minimum Gasteiger partial charge on any atom is -0.481 e. The van der Waals surface area contributed by atoms with Crippen LogP contribution in [0.1, 0.15) is 83.5 Å². The van der Waals surface area contributed by atoms with Crippen molar-refractivity contribution in [1.29, 1.82) is 0 Å². The molecule has 0 aromatic carbocycles. The van der Waals surface area contributed by atoms with Crippen LogP contribution in [0.4, 0.5) is 0 Å². The van der Waals surface area contributed by atoms with E-state index in [1.54, 1.807) is 0 Å². The lowest BCUT2D eigenvalue weighted by molar-refractivity contribution is -0.138. The standard InChI is InChI=1S/C21H38N2O5/c24-19(11-12-20(25)23-15-17-28-16-13-21(26)27)22-14-7-10-18-8-5-3-1-2-4-6-9-18/h18H,1-17H2,(H,22,24)(H,23,25)(H,26,27). The molecular formula is C21H38N2O5. The van der Waals surface area contributed by atoms with Gasteiger partial charge in [-0.1, -0.05) is 51.4 Å². The van der Waals surface area contributed by atoms with Gasteiger partial charge in [0.1, 0.15) is 0 Å². The number of hydrogen-bond donors (Lipinski definition) is 3. The maximum Gasteiger partial charge on any atom is 0.305 e. The van der Waals surface area contributed by atoms with Crippen LogP contribution in [0.5, 0.6) is 0 Å². The number of aliphatic carboxylic acids is 1. The van der Waals surface area contributed by atoms with Gasteiger partial charge in [-0.3, -0.25) is 14.4 Å². The molecule has 28 heavy (non-hydrogen) atoms. The van der Waals surface area contributed by atoms with Crippen molar-refractivity contribution in [2.75, 3.05) is 26.3 Å². The smallest absolute Gasteiger partial charge is 0.305 e. The number of carbonyl (C=O) groups is 3. The zero-order valence-electron chi connectivity index (χ0n) is 17.2. The van der Waals surface area contributed by atoms with Gasteiger partial charge in [0.2, 0.25) is 11.8 Å². The number of ether oxygens (including phenoxy) is 1. The Hall–Kier alpha value is -1.63. The molecule has 7 heteroatoms. The number of carboxylic acid groups (broad SMARTS) is 1. The quantitative estimate of drug-likeness (QED) is 0.414. The first kappa shape index (κ1) is 24.4. The molecule has 0 unspecified atom stereocenters. The van der Waals surface area contributed by atoms with Crippen molar-refractivity contribution in [3.05, 3.63) is 0 Å². The van der Waals surface area contributed by atoms with E-state index >= 15 is 0 Å². The summed E-state index contributed by atoms with van der Waals surface area (Å²) in [5, 5.41) is 14.0. The van der Waals surface area contributed by atoms with E-state index in [9.17, 15) is 14.4 Å². The molecule has 162 valence electrons. The Kier molecular flexibility index (Phi) is 14.2. The average molecular weight is 399 g/mol. The molecule has 1 aliphatic carbocycles. The Morgan fingerprint density at radius 2 is 1.36 bits per heavy atom. The van der Waals surface area contributed by atoms with Gasteiger partial charge in [-0.15, -0.1) is 0 Å². The molecule has 1 fully saturated rings. The SMILES string of the molecule is O=C(O)CCOCCNC(=O)CCC(=O)NCCCC1CCCCCCCC1. The fourth-order valence-electron chi connectivity index (χ4n) is 3.55. The van der Waals surface area contributed by atoms with Crippen molar-refractivity contribution >= 4 is 17.8 Å². The lowest BCUT2D eigenvalue weighted by Gasteiger charge is -2.15. The molecule has 0 aromatic rings. The highest BCUT2D eigenvalue weighted by molar-refractivity contribution is 5.83. The second kappa shape index (κ2) is 16.3. The van der Waals surface area contributed by atoms with E-state index in [4.69, 9.17) is 9.84 Å². The van der Waals surface area contributed by atoms with Gasteiger partial charge < -0.3 is 20.5 Å². The van der Waals surface area contributed by atoms with Crippen molar-refractivity contribution < 1.29 is 24.2 Å². The molecule has 0 bridgehead atoms. The van der Waals surface area contributed by atoms with E-state index in [1.165, 1.54) is 57.8 Å². The average Bonchev–Trinajstić information content (AvgIpc) is 2.80. The highest BCUT2D eigenvalue weighted by atomic mass is 16.5. The summed E-state index contributed by atoms with van der Waals surface area (Å²) in [5.41, 5.74) is 0. The van der Waals surface area contributed by atoms with Gasteiger partial charge in [0, 0.05) is 25.9 Å². The molecule has 1 saturated carbocycles. The maximum absolute atomic E-state index is 11.9. The third-order valence-corrected chi connectivity index (χ3v) is 5.19.